The van der Waals surface area contributed by atoms with Crippen LogP contribution in [0.4, 0.5) is 5.69 Å². The van der Waals surface area contributed by atoms with Gasteiger partial charge >= 0.3 is 0 Å². The van der Waals surface area contributed by atoms with E-state index in [0.717, 1.165) is 26.2 Å². The molecule has 0 amide bonds. The number of hydrogen-bond acceptors (Lipinski definition) is 3. The van der Waals surface area contributed by atoms with Crippen LogP contribution in [-0.4, -0.2) is 48.8 Å². The van der Waals surface area contributed by atoms with Crippen LogP contribution in [0.15, 0.2) is 36.9 Å². The Kier molecular flexibility index (Phi) is 4.39. The number of piperazine rings is 1. The molecule has 1 aliphatic rings. The third-order valence-corrected chi connectivity index (χ3v) is 3.64. The highest BCUT2D eigenvalue weighted by Crippen LogP contribution is 2.18. The third kappa shape index (κ3) is 2.92. The van der Waals surface area contributed by atoms with Gasteiger partial charge in [-0.15, -0.1) is 6.58 Å². The molecule has 0 aliphatic carbocycles. The van der Waals surface area contributed by atoms with Crippen LogP contribution >= 0.6 is 0 Å². The highest BCUT2D eigenvalue weighted by molar-refractivity contribution is 5.47. The molecule has 18 heavy (non-hydrogen) atoms. The lowest BCUT2D eigenvalue weighted by Crippen LogP contribution is -2.50. The van der Waals surface area contributed by atoms with E-state index < -0.39 is 0 Å². The first kappa shape index (κ1) is 13.1. The second kappa shape index (κ2) is 6.03. The summed E-state index contributed by atoms with van der Waals surface area (Å²) >= 11 is 0. The molecule has 1 N–H and O–H groups in total. The molecule has 3 nitrogen and oxygen atoms in total. The summed E-state index contributed by atoms with van der Waals surface area (Å²) in [6, 6.07) is 8.78. The van der Waals surface area contributed by atoms with Gasteiger partial charge in [0.15, 0.2) is 0 Å². The molecule has 0 aromatic heterocycles. The third-order valence-electron chi connectivity index (χ3n) is 3.64. The molecular formula is C15H22N2O. The summed E-state index contributed by atoms with van der Waals surface area (Å²) in [7, 11) is 0. The number of aliphatic hydroxyl groups is 1. The number of hydrogen-bond donors (Lipinski definition) is 1. The maximum Gasteiger partial charge on any atom is 0.0622 e. The summed E-state index contributed by atoms with van der Waals surface area (Å²) in [4.78, 5) is 4.69. The molecule has 0 radical (unpaired) electrons. The second-order valence-corrected chi connectivity index (χ2v) is 4.84. The lowest BCUT2D eigenvalue weighted by atomic mass is 10.1. The average molecular weight is 246 g/mol. The Morgan fingerprint density at radius 2 is 1.83 bits per heavy atom. The largest absolute Gasteiger partial charge is 0.394 e. The predicted octanol–water partition coefficient (Wildman–Crippen LogP) is 1.66. The summed E-state index contributed by atoms with van der Waals surface area (Å²) in [6.45, 7) is 10.0. The first-order chi connectivity index (χ1) is 8.74. The Balaban J connectivity index is 1.94. The summed E-state index contributed by atoms with van der Waals surface area (Å²) in [5.74, 6) is 0. The number of rotatable bonds is 4. The molecule has 1 aromatic carbocycles. The molecule has 1 unspecified atom stereocenters. The van der Waals surface area contributed by atoms with Crippen molar-refractivity contribution in [2.24, 2.45) is 0 Å². The van der Waals surface area contributed by atoms with E-state index in [0.29, 0.717) is 0 Å². The van der Waals surface area contributed by atoms with Gasteiger partial charge in [-0.3, -0.25) is 4.90 Å². The molecule has 1 aliphatic heterocycles. The van der Waals surface area contributed by atoms with Gasteiger partial charge in [0.1, 0.15) is 0 Å². The molecule has 1 saturated heterocycles. The SMILES string of the molecule is C=CC(CO)N1CCN(c2ccc(C)cc2)CC1. The molecule has 1 atom stereocenters. The van der Waals surface area contributed by atoms with Crippen molar-refractivity contribution in [1.82, 2.24) is 4.90 Å². The first-order valence-electron chi connectivity index (χ1n) is 6.53. The Bertz CT molecular complexity index is 380. The molecule has 1 aromatic rings. The van der Waals surface area contributed by atoms with E-state index in [9.17, 15) is 5.11 Å². The van der Waals surface area contributed by atoms with Crippen molar-refractivity contribution in [1.29, 1.82) is 0 Å². The standard InChI is InChI=1S/C15H22N2O/c1-3-14(12-18)16-8-10-17(11-9-16)15-6-4-13(2)5-7-15/h3-7,14,18H,1,8-12H2,2H3. The minimum Gasteiger partial charge on any atom is -0.394 e. The van der Waals surface area contributed by atoms with Crippen molar-refractivity contribution in [3.63, 3.8) is 0 Å². The van der Waals surface area contributed by atoms with Gasteiger partial charge < -0.3 is 10.0 Å². The first-order valence-corrected chi connectivity index (χ1v) is 6.53. The maximum atomic E-state index is 9.27. The van der Waals surface area contributed by atoms with E-state index in [1.165, 1.54) is 11.3 Å². The Hall–Kier alpha value is -1.32. The summed E-state index contributed by atoms with van der Waals surface area (Å²) in [5, 5.41) is 9.27. The van der Waals surface area contributed by atoms with Crippen molar-refractivity contribution < 1.29 is 5.11 Å². The predicted molar refractivity (Wildman–Crippen MR) is 76.0 cm³/mol. The fourth-order valence-corrected chi connectivity index (χ4v) is 2.41. The van der Waals surface area contributed by atoms with Gasteiger partial charge in [0.05, 0.1) is 12.6 Å². The van der Waals surface area contributed by atoms with Crippen LogP contribution in [-0.2, 0) is 0 Å². The smallest absolute Gasteiger partial charge is 0.0622 e. The van der Waals surface area contributed by atoms with Gasteiger partial charge in [0.2, 0.25) is 0 Å². The van der Waals surface area contributed by atoms with Crippen molar-refractivity contribution in [3.8, 4) is 0 Å². The van der Waals surface area contributed by atoms with Gasteiger partial charge in [0, 0.05) is 31.9 Å². The zero-order valence-corrected chi connectivity index (χ0v) is 11.0. The fourth-order valence-electron chi connectivity index (χ4n) is 2.41. The number of nitrogens with zero attached hydrogens (tertiary/aromatic N) is 2. The van der Waals surface area contributed by atoms with Crippen LogP contribution in [0.5, 0.6) is 0 Å². The van der Waals surface area contributed by atoms with Crippen LogP contribution in [0.2, 0.25) is 0 Å². The molecular weight excluding hydrogens is 224 g/mol. The molecule has 98 valence electrons. The average Bonchev–Trinajstić information content (AvgIpc) is 2.42. The van der Waals surface area contributed by atoms with Crippen LogP contribution < -0.4 is 4.90 Å². The Morgan fingerprint density at radius 1 is 1.22 bits per heavy atom. The van der Waals surface area contributed by atoms with Gasteiger partial charge in [-0.05, 0) is 19.1 Å². The van der Waals surface area contributed by atoms with E-state index in [1.54, 1.807) is 0 Å². The van der Waals surface area contributed by atoms with Gasteiger partial charge in [-0.2, -0.15) is 0 Å². The topological polar surface area (TPSA) is 26.7 Å². The zero-order valence-electron chi connectivity index (χ0n) is 11.0. The molecule has 0 saturated carbocycles. The highest BCUT2D eigenvalue weighted by atomic mass is 16.3. The van der Waals surface area contributed by atoms with Crippen molar-refractivity contribution in [3.05, 3.63) is 42.5 Å². The summed E-state index contributed by atoms with van der Waals surface area (Å²) in [6.07, 6.45) is 1.83. The lowest BCUT2D eigenvalue weighted by Gasteiger charge is -2.38. The Labute approximate surface area is 109 Å². The van der Waals surface area contributed by atoms with Gasteiger partial charge in [-0.1, -0.05) is 23.8 Å². The summed E-state index contributed by atoms with van der Waals surface area (Å²) in [5.41, 5.74) is 2.59. The van der Waals surface area contributed by atoms with Crippen LogP contribution in [0.3, 0.4) is 0 Å². The molecule has 0 bridgehead atoms. The van der Waals surface area contributed by atoms with E-state index in [-0.39, 0.29) is 12.6 Å². The molecule has 0 spiro atoms. The molecule has 3 heteroatoms. The van der Waals surface area contributed by atoms with Crippen LogP contribution in [0.1, 0.15) is 5.56 Å². The number of aliphatic hydroxyl groups excluding tert-OH is 1. The Morgan fingerprint density at radius 3 is 2.33 bits per heavy atom. The second-order valence-electron chi connectivity index (χ2n) is 4.84. The minimum absolute atomic E-state index is 0.102. The normalized spacial score (nSPS) is 18.7. The van der Waals surface area contributed by atoms with Gasteiger partial charge in [-0.25, -0.2) is 0 Å². The van der Waals surface area contributed by atoms with Crippen molar-refractivity contribution in [2.45, 2.75) is 13.0 Å². The van der Waals surface area contributed by atoms with E-state index in [4.69, 9.17) is 0 Å². The fraction of sp³-hybridized carbons (Fsp3) is 0.467. The van der Waals surface area contributed by atoms with E-state index >= 15 is 0 Å². The maximum absolute atomic E-state index is 9.27. The number of anilines is 1. The highest BCUT2D eigenvalue weighted by Gasteiger charge is 2.21. The van der Waals surface area contributed by atoms with Crippen molar-refractivity contribution >= 4 is 5.69 Å². The number of benzene rings is 1. The van der Waals surface area contributed by atoms with E-state index in [2.05, 4.69) is 47.6 Å². The van der Waals surface area contributed by atoms with Crippen LogP contribution in [0, 0.1) is 6.92 Å². The quantitative estimate of drug-likeness (QED) is 0.819. The summed E-state index contributed by atoms with van der Waals surface area (Å²) < 4.78 is 0. The number of aryl methyl sites for hydroxylation is 1. The van der Waals surface area contributed by atoms with Gasteiger partial charge in [0.25, 0.3) is 0 Å². The molecule has 1 heterocycles. The van der Waals surface area contributed by atoms with Crippen molar-refractivity contribution in [2.75, 3.05) is 37.7 Å². The van der Waals surface area contributed by atoms with E-state index in [1.807, 2.05) is 6.08 Å². The molecule has 1 fully saturated rings. The minimum atomic E-state index is 0.102. The zero-order chi connectivity index (χ0) is 13.0. The monoisotopic (exact) mass is 246 g/mol. The van der Waals surface area contributed by atoms with Crippen LogP contribution in [0.25, 0.3) is 0 Å². The molecule has 2 rings (SSSR count). The lowest BCUT2D eigenvalue weighted by molar-refractivity contribution is 0.145.